The largest absolute Gasteiger partial charge is 0.493 e. The number of hydrogen-bond acceptors (Lipinski definition) is 10. The number of ketones is 1. The van der Waals surface area contributed by atoms with Gasteiger partial charge in [0.15, 0.2) is 17.3 Å². The number of methoxy groups -OCH3 is 1. The van der Waals surface area contributed by atoms with Gasteiger partial charge in [-0.15, -0.1) is 0 Å². The third-order valence-corrected chi connectivity index (χ3v) is 12.1. The molecule has 264 valence electrons. The van der Waals surface area contributed by atoms with Gasteiger partial charge in [-0.05, 0) is 88.8 Å². The quantitative estimate of drug-likeness (QED) is 0.149. The van der Waals surface area contributed by atoms with Crippen molar-refractivity contribution in [2.24, 2.45) is 17.8 Å². The van der Waals surface area contributed by atoms with Crippen LogP contribution in [0.2, 0.25) is 0 Å². The maximum absolute atomic E-state index is 13.9. The minimum atomic E-state index is -1.82. The Balaban J connectivity index is 1.23. The van der Waals surface area contributed by atoms with E-state index in [9.17, 15) is 19.5 Å². The van der Waals surface area contributed by atoms with Gasteiger partial charge in [0.2, 0.25) is 0 Å². The van der Waals surface area contributed by atoms with E-state index in [0.717, 1.165) is 11.1 Å². The van der Waals surface area contributed by atoms with E-state index in [-0.39, 0.29) is 36.9 Å². The molecule has 0 aromatic heterocycles. The zero-order valence-corrected chi connectivity index (χ0v) is 30.9. The molecule has 0 radical (unpaired) electrons. The Morgan fingerprint density at radius 2 is 1.84 bits per heavy atom. The molecule has 1 unspecified atom stereocenters. The van der Waals surface area contributed by atoms with Gasteiger partial charge >= 0.3 is 11.9 Å². The number of halogens is 1. The van der Waals surface area contributed by atoms with Crippen LogP contribution in [0, 0.1) is 21.3 Å². The van der Waals surface area contributed by atoms with Crippen molar-refractivity contribution in [2.75, 3.05) is 13.7 Å². The lowest BCUT2D eigenvalue weighted by molar-refractivity contribution is -0.421. The van der Waals surface area contributed by atoms with Gasteiger partial charge in [0.1, 0.15) is 23.9 Å². The van der Waals surface area contributed by atoms with Gasteiger partial charge in [0, 0.05) is 28.8 Å². The van der Waals surface area contributed by atoms with Gasteiger partial charge in [-0.25, -0.2) is 0 Å². The predicted octanol–water partition coefficient (Wildman–Crippen LogP) is 5.57. The molecule has 2 aromatic carbocycles. The Kier molecular flexibility index (Phi) is 8.70. The highest BCUT2D eigenvalue weighted by Gasteiger charge is 2.79. The Morgan fingerprint density at radius 1 is 1.10 bits per heavy atom. The van der Waals surface area contributed by atoms with Gasteiger partial charge in [-0.2, -0.15) is 0 Å². The highest BCUT2D eigenvalue weighted by atomic mass is 127. The van der Waals surface area contributed by atoms with E-state index < -0.39 is 52.7 Å². The standard InChI is InChI=1S/C39H41IO10/c1-21(2)37-17-23(4)39-28(35(37)48-38(49-37,50-39)19-25-10-8-7-9-11-25)13-26(18-36(44)32(39)12-22(3)34(36)43)20-46-33(42)15-27-14-30(45-6)31(16-29(27)40)47-24(5)41/h7-14,16,23,28,32,35,44H,1,15,17-20H2,2-6H3/t23-,28+,32-,35-,36-,37-,38?,39-/m1/s1/i40+0. The van der Waals surface area contributed by atoms with Gasteiger partial charge in [-0.3, -0.25) is 14.4 Å². The smallest absolute Gasteiger partial charge is 0.310 e. The van der Waals surface area contributed by atoms with Crippen LogP contribution in [0.4, 0.5) is 0 Å². The number of rotatable bonds is 9. The minimum absolute atomic E-state index is 0.0340. The molecule has 11 heteroatoms. The molecule has 7 rings (SSSR count). The van der Waals surface area contributed by atoms with Crippen molar-refractivity contribution in [3.05, 3.63) is 92.6 Å². The van der Waals surface area contributed by atoms with Crippen LogP contribution in [-0.2, 0) is 46.2 Å². The molecular weight excluding hydrogens is 755 g/mol. The van der Waals surface area contributed by atoms with Crippen molar-refractivity contribution in [1.29, 1.82) is 0 Å². The van der Waals surface area contributed by atoms with Crippen molar-refractivity contribution >= 4 is 40.3 Å². The number of aliphatic hydroxyl groups is 1. The van der Waals surface area contributed by atoms with Crippen molar-refractivity contribution in [3.63, 3.8) is 0 Å². The summed E-state index contributed by atoms with van der Waals surface area (Å²) in [6, 6.07) is 13.1. The molecule has 2 aromatic rings. The first-order valence-corrected chi connectivity index (χ1v) is 17.9. The minimum Gasteiger partial charge on any atom is -0.493 e. The average molecular weight is 797 g/mol. The molecular formula is C39H41IO10. The number of hydrogen-bond donors (Lipinski definition) is 1. The molecule has 5 aliphatic rings. The van der Waals surface area contributed by atoms with Crippen LogP contribution in [0.15, 0.2) is 77.9 Å². The lowest BCUT2D eigenvalue weighted by atomic mass is 9.55. The van der Waals surface area contributed by atoms with E-state index in [4.69, 9.17) is 28.4 Å². The van der Waals surface area contributed by atoms with E-state index in [1.807, 2.05) is 49.4 Å². The number of ether oxygens (including phenoxy) is 6. The average Bonchev–Trinajstić information content (AvgIpc) is 3.36. The van der Waals surface area contributed by atoms with Crippen LogP contribution in [0.1, 0.15) is 51.7 Å². The predicted molar refractivity (Wildman–Crippen MR) is 189 cm³/mol. The second kappa shape index (κ2) is 12.4. The van der Waals surface area contributed by atoms with E-state index in [1.165, 1.54) is 14.0 Å². The normalized spacial score (nSPS) is 35.0. The van der Waals surface area contributed by atoms with E-state index in [1.54, 1.807) is 19.1 Å². The Bertz CT molecular complexity index is 1850. The molecule has 8 atom stereocenters. The fourth-order valence-corrected chi connectivity index (χ4v) is 9.60. The summed E-state index contributed by atoms with van der Waals surface area (Å²) in [4.78, 5) is 38.7. The number of esters is 2. The zero-order valence-electron chi connectivity index (χ0n) is 28.7. The number of fused-ring (bicyclic) bond motifs is 2. The van der Waals surface area contributed by atoms with Gasteiger partial charge in [0.05, 0.1) is 25.6 Å². The Morgan fingerprint density at radius 3 is 2.52 bits per heavy atom. The summed E-state index contributed by atoms with van der Waals surface area (Å²) in [7, 11) is 1.45. The van der Waals surface area contributed by atoms with Crippen LogP contribution in [-0.4, -0.2) is 65.4 Å². The second-order valence-electron chi connectivity index (χ2n) is 14.4. The summed E-state index contributed by atoms with van der Waals surface area (Å²) in [5, 5.41) is 12.5. The van der Waals surface area contributed by atoms with Crippen molar-refractivity contribution < 1.29 is 47.9 Å². The molecule has 2 aliphatic heterocycles. The number of carbonyl (C=O) groups excluding carboxylic acids is 3. The first-order chi connectivity index (χ1) is 23.7. The third kappa shape index (κ3) is 5.39. The maximum atomic E-state index is 13.9. The third-order valence-electron chi connectivity index (χ3n) is 11.1. The number of carbonyl (C=O) groups is 3. The van der Waals surface area contributed by atoms with Gasteiger partial charge < -0.3 is 33.5 Å². The van der Waals surface area contributed by atoms with Crippen molar-refractivity contribution in [2.45, 2.75) is 82.3 Å². The second-order valence-corrected chi connectivity index (χ2v) is 15.5. The molecule has 2 heterocycles. The molecule has 0 amide bonds. The first kappa shape index (κ1) is 35.1. The molecule has 2 saturated heterocycles. The van der Waals surface area contributed by atoms with Gasteiger partial charge in [-0.1, -0.05) is 56.0 Å². The lowest BCUT2D eigenvalue weighted by Gasteiger charge is -2.59. The first-order valence-electron chi connectivity index (χ1n) is 16.8. The van der Waals surface area contributed by atoms with Crippen LogP contribution in [0.25, 0.3) is 0 Å². The van der Waals surface area contributed by atoms with Gasteiger partial charge in [0.25, 0.3) is 5.97 Å². The molecule has 0 spiro atoms. The summed E-state index contributed by atoms with van der Waals surface area (Å²) in [6.07, 6.45) is 4.04. The SMILES string of the molecule is C=C(C)[C@]12C[C@@H](C)[C@@]34OC(Cc5ccccc5)(O[C@@H]1[C@@H]3C=C(COC(=O)Cc1cc(OC)c(OC(C)=O)cc1[127I])C[C@]1(O)C(=O)C(C)=C[C@@H]41)O2. The van der Waals surface area contributed by atoms with E-state index >= 15 is 0 Å². The topological polar surface area (TPSA) is 127 Å². The fourth-order valence-electron chi connectivity index (χ4n) is 8.98. The van der Waals surface area contributed by atoms with E-state index in [0.29, 0.717) is 38.9 Å². The molecule has 10 nitrogen and oxygen atoms in total. The summed E-state index contributed by atoms with van der Waals surface area (Å²) >= 11 is 2.07. The van der Waals surface area contributed by atoms with Crippen LogP contribution in [0.3, 0.4) is 0 Å². The van der Waals surface area contributed by atoms with Crippen LogP contribution < -0.4 is 9.47 Å². The molecule has 1 N–H and O–H groups in total. The zero-order chi connectivity index (χ0) is 35.8. The molecule has 3 bridgehead atoms. The van der Waals surface area contributed by atoms with Crippen molar-refractivity contribution in [3.8, 4) is 11.5 Å². The Labute approximate surface area is 304 Å². The number of Topliss-reactive ketones (excluding diaryl/α,β-unsaturated/α-hetero) is 1. The maximum Gasteiger partial charge on any atom is 0.310 e. The monoisotopic (exact) mass is 796 g/mol. The molecule has 3 aliphatic carbocycles. The van der Waals surface area contributed by atoms with Crippen LogP contribution in [0.5, 0.6) is 11.5 Å². The highest BCUT2D eigenvalue weighted by molar-refractivity contribution is 14.1. The van der Waals surface area contributed by atoms with Crippen LogP contribution >= 0.6 is 22.6 Å². The molecule has 50 heavy (non-hydrogen) atoms. The molecule has 1 saturated carbocycles. The lowest BCUT2D eigenvalue weighted by Crippen LogP contribution is -2.70. The summed E-state index contributed by atoms with van der Waals surface area (Å²) in [6.45, 7) is 11.3. The summed E-state index contributed by atoms with van der Waals surface area (Å²) in [5.41, 5.74) is -0.325. The Hall–Kier alpha value is -3.36. The van der Waals surface area contributed by atoms with Crippen molar-refractivity contribution in [1.82, 2.24) is 0 Å². The fraction of sp³-hybridized carbons (Fsp3) is 0.462. The number of benzene rings is 2. The summed E-state index contributed by atoms with van der Waals surface area (Å²) in [5.74, 6) is -3.62. The molecule has 3 fully saturated rings. The highest BCUT2D eigenvalue weighted by Crippen LogP contribution is 2.68. The summed E-state index contributed by atoms with van der Waals surface area (Å²) < 4.78 is 38.1. The van der Waals surface area contributed by atoms with E-state index in [2.05, 4.69) is 36.1 Å².